The van der Waals surface area contributed by atoms with Crippen LogP contribution in [0.4, 0.5) is 14.5 Å². The first-order valence-corrected chi connectivity index (χ1v) is 11.2. The summed E-state index contributed by atoms with van der Waals surface area (Å²) in [5, 5.41) is 16.6. The van der Waals surface area contributed by atoms with Crippen LogP contribution in [-0.4, -0.2) is 58.0 Å². The Morgan fingerprint density at radius 3 is 2.79 bits per heavy atom. The number of aliphatic hydroxyl groups is 1. The first-order chi connectivity index (χ1) is 15.8. The minimum atomic E-state index is -0.936. The zero-order valence-corrected chi connectivity index (χ0v) is 19.5. The van der Waals surface area contributed by atoms with E-state index in [0.717, 1.165) is 35.3 Å². The molecule has 0 bridgehead atoms. The van der Waals surface area contributed by atoms with E-state index in [-0.39, 0.29) is 11.7 Å². The fraction of sp³-hybridized carbons (Fsp3) is 0.304. The molecule has 10 heteroatoms. The first kappa shape index (κ1) is 23.3. The molecule has 0 radical (unpaired) electrons. The number of β-amino-alcohol motifs (C(OH)–C–C–N with tert-alkyl or cyclic N) is 1. The number of carbonyl (C=O) groups is 1. The number of aliphatic hydroxyl groups excluding tert-OH is 1. The summed E-state index contributed by atoms with van der Waals surface area (Å²) in [4.78, 5) is 14.7. The van der Waals surface area contributed by atoms with Gasteiger partial charge >= 0.3 is 0 Å². The molecule has 0 saturated carbocycles. The van der Waals surface area contributed by atoms with E-state index in [0.29, 0.717) is 42.8 Å². The molecule has 4 rings (SSSR count). The van der Waals surface area contributed by atoms with Crippen LogP contribution in [0.3, 0.4) is 0 Å². The van der Waals surface area contributed by atoms with Gasteiger partial charge in [0.1, 0.15) is 24.0 Å². The Kier molecular flexibility index (Phi) is 7.06. The van der Waals surface area contributed by atoms with Crippen molar-refractivity contribution >= 4 is 27.5 Å². The van der Waals surface area contributed by atoms with Gasteiger partial charge in [-0.2, -0.15) is 5.10 Å². The Morgan fingerprint density at radius 1 is 1.30 bits per heavy atom. The number of hydrogen-bond acceptors (Lipinski definition) is 5. The Hall–Kier alpha value is -2.82. The standard InChI is InChI=1S/C23H23BrF2N4O3/c1-29-22(19(24)12-27-29)18-11-15(28-23(32)17-4-2-14(25)10-20(17)26)3-5-21(18)33-9-8-30-7-6-16(31)13-30/h2-5,10-12,16,31H,6-9,13H2,1H3,(H,28,32). The van der Waals surface area contributed by atoms with Gasteiger partial charge in [-0.05, 0) is 52.7 Å². The summed E-state index contributed by atoms with van der Waals surface area (Å²) in [6.45, 7) is 2.55. The molecule has 1 unspecified atom stereocenters. The molecule has 1 atom stereocenters. The van der Waals surface area contributed by atoms with Crippen molar-refractivity contribution in [3.8, 4) is 17.0 Å². The van der Waals surface area contributed by atoms with Crippen LogP contribution < -0.4 is 10.1 Å². The molecule has 0 aliphatic carbocycles. The number of nitrogens with zero attached hydrogens (tertiary/aromatic N) is 3. The molecule has 33 heavy (non-hydrogen) atoms. The quantitative estimate of drug-likeness (QED) is 0.495. The number of likely N-dealkylation sites (tertiary alicyclic amines) is 1. The first-order valence-electron chi connectivity index (χ1n) is 10.4. The third-order valence-corrected chi connectivity index (χ3v) is 6.06. The molecule has 2 aromatic carbocycles. The van der Waals surface area contributed by atoms with Gasteiger partial charge in [0.15, 0.2) is 0 Å². The normalized spacial score (nSPS) is 16.2. The van der Waals surface area contributed by atoms with E-state index in [9.17, 15) is 18.7 Å². The fourth-order valence-corrected chi connectivity index (χ4v) is 4.37. The molecule has 2 heterocycles. The second kappa shape index (κ2) is 9.98. The molecule has 1 fully saturated rings. The number of amides is 1. The average Bonchev–Trinajstić information content (AvgIpc) is 3.33. The number of anilines is 1. The van der Waals surface area contributed by atoms with Crippen LogP contribution >= 0.6 is 15.9 Å². The molecule has 1 amide bonds. The van der Waals surface area contributed by atoms with Crippen molar-refractivity contribution in [2.45, 2.75) is 12.5 Å². The van der Waals surface area contributed by atoms with E-state index in [1.165, 1.54) is 0 Å². The molecule has 7 nitrogen and oxygen atoms in total. The van der Waals surface area contributed by atoms with Gasteiger partial charge in [0.2, 0.25) is 0 Å². The number of ether oxygens (including phenoxy) is 1. The van der Waals surface area contributed by atoms with E-state index in [1.807, 2.05) is 0 Å². The van der Waals surface area contributed by atoms with Crippen molar-refractivity contribution < 1.29 is 23.4 Å². The highest BCUT2D eigenvalue weighted by atomic mass is 79.9. The van der Waals surface area contributed by atoms with Crippen LogP contribution in [0, 0.1) is 11.6 Å². The highest BCUT2D eigenvalue weighted by molar-refractivity contribution is 9.10. The van der Waals surface area contributed by atoms with Crippen molar-refractivity contribution in [2.75, 3.05) is 31.6 Å². The summed E-state index contributed by atoms with van der Waals surface area (Å²) in [6, 6.07) is 7.91. The van der Waals surface area contributed by atoms with Gasteiger partial charge in [-0.15, -0.1) is 0 Å². The molecule has 174 valence electrons. The summed E-state index contributed by atoms with van der Waals surface area (Å²) in [7, 11) is 1.79. The third kappa shape index (κ3) is 5.40. The van der Waals surface area contributed by atoms with Crippen LogP contribution in [0.2, 0.25) is 0 Å². The van der Waals surface area contributed by atoms with Crippen molar-refractivity contribution in [1.29, 1.82) is 0 Å². The van der Waals surface area contributed by atoms with Crippen LogP contribution in [0.5, 0.6) is 5.75 Å². The zero-order chi connectivity index (χ0) is 23.5. The molecule has 1 aliphatic rings. The Bertz CT molecular complexity index is 1150. The lowest BCUT2D eigenvalue weighted by Crippen LogP contribution is -2.27. The van der Waals surface area contributed by atoms with E-state index in [1.54, 1.807) is 36.1 Å². The van der Waals surface area contributed by atoms with E-state index < -0.39 is 17.5 Å². The molecular formula is C23H23BrF2N4O3. The van der Waals surface area contributed by atoms with Gasteiger partial charge in [-0.25, -0.2) is 8.78 Å². The maximum Gasteiger partial charge on any atom is 0.258 e. The van der Waals surface area contributed by atoms with E-state index >= 15 is 0 Å². The van der Waals surface area contributed by atoms with Gasteiger partial charge in [0, 0.05) is 44.0 Å². The molecule has 1 aliphatic heterocycles. The average molecular weight is 521 g/mol. The number of benzene rings is 2. The number of aryl methyl sites for hydroxylation is 1. The van der Waals surface area contributed by atoms with Gasteiger partial charge in [-0.1, -0.05) is 0 Å². The van der Waals surface area contributed by atoms with E-state index in [4.69, 9.17) is 4.74 Å². The Labute approximate surface area is 198 Å². The second-order valence-electron chi connectivity index (χ2n) is 7.85. The number of rotatable bonds is 7. The lowest BCUT2D eigenvalue weighted by atomic mass is 10.1. The minimum absolute atomic E-state index is 0.257. The zero-order valence-electron chi connectivity index (χ0n) is 17.9. The van der Waals surface area contributed by atoms with Crippen molar-refractivity contribution in [2.24, 2.45) is 7.05 Å². The van der Waals surface area contributed by atoms with Crippen molar-refractivity contribution in [1.82, 2.24) is 14.7 Å². The predicted octanol–water partition coefficient (Wildman–Crippen LogP) is 3.83. The lowest BCUT2D eigenvalue weighted by Gasteiger charge is -2.18. The fourth-order valence-electron chi connectivity index (χ4n) is 3.80. The molecule has 1 aromatic heterocycles. The number of halogens is 3. The number of aromatic nitrogens is 2. The highest BCUT2D eigenvalue weighted by Crippen LogP contribution is 2.37. The Balaban J connectivity index is 1.56. The van der Waals surface area contributed by atoms with Crippen LogP contribution in [0.15, 0.2) is 47.1 Å². The number of carbonyl (C=O) groups excluding carboxylic acids is 1. The van der Waals surface area contributed by atoms with Crippen molar-refractivity contribution in [3.05, 3.63) is 64.3 Å². The maximum atomic E-state index is 14.0. The summed E-state index contributed by atoms with van der Waals surface area (Å²) < 4.78 is 35.6. The summed E-state index contributed by atoms with van der Waals surface area (Å²) in [5.74, 6) is -1.79. The van der Waals surface area contributed by atoms with Crippen LogP contribution in [0.25, 0.3) is 11.3 Å². The Morgan fingerprint density at radius 2 is 2.12 bits per heavy atom. The number of nitrogens with one attached hydrogen (secondary N) is 1. The number of hydrogen-bond donors (Lipinski definition) is 2. The van der Waals surface area contributed by atoms with Crippen molar-refractivity contribution in [3.63, 3.8) is 0 Å². The topological polar surface area (TPSA) is 79.6 Å². The molecule has 2 N–H and O–H groups in total. The SMILES string of the molecule is Cn1ncc(Br)c1-c1cc(NC(=O)c2ccc(F)cc2F)ccc1OCCN1CCC(O)C1. The summed E-state index contributed by atoms with van der Waals surface area (Å²) in [5.41, 5.74) is 1.58. The summed E-state index contributed by atoms with van der Waals surface area (Å²) >= 11 is 3.50. The van der Waals surface area contributed by atoms with Gasteiger partial charge in [0.25, 0.3) is 5.91 Å². The van der Waals surface area contributed by atoms with Gasteiger partial charge in [-0.3, -0.25) is 14.4 Å². The smallest absolute Gasteiger partial charge is 0.258 e. The minimum Gasteiger partial charge on any atom is -0.492 e. The van der Waals surface area contributed by atoms with Gasteiger partial charge in [0.05, 0.1) is 28.0 Å². The molecule has 0 spiro atoms. The lowest BCUT2D eigenvalue weighted by molar-refractivity contribution is 0.102. The van der Waals surface area contributed by atoms with E-state index in [2.05, 4.69) is 31.2 Å². The molecule has 1 saturated heterocycles. The molecule has 3 aromatic rings. The third-order valence-electron chi connectivity index (χ3n) is 5.48. The molecular weight excluding hydrogens is 498 g/mol. The summed E-state index contributed by atoms with van der Waals surface area (Å²) in [6.07, 6.45) is 2.12. The van der Waals surface area contributed by atoms with Crippen LogP contribution in [0.1, 0.15) is 16.8 Å². The largest absolute Gasteiger partial charge is 0.492 e. The monoisotopic (exact) mass is 520 g/mol. The van der Waals surface area contributed by atoms with Crippen LogP contribution in [-0.2, 0) is 7.05 Å². The predicted molar refractivity (Wildman–Crippen MR) is 123 cm³/mol. The van der Waals surface area contributed by atoms with Gasteiger partial charge < -0.3 is 15.2 Å². The second-order valence-corrected chi connectivity index (χ2v) is 8.70. The highest BCUT2D eigenvalue weighted by Gasteiger charge is 2.21. The maximum absolute atomic E-state index is 14.0.